The summed E-state index contributed by atoms with van der Waals surface area (Å²) in [6.45, 7) is -27.4. The van der Waals surface area contributed by atoms with Crippen LogP contribution in [0.25, 0.3) is 0 Å². The molecular weight excluding hydrogens is 2170 g/mol. The van der Waals surface area contributed by atoms with Gasteiger partial charge in [0, 0.05) is 134 Å². The van der Waals surface area contributed by atoms with Gasteiger partial charge in [0.15, 0.2) is 6.80 Å². The molecule has 0 saturated carbocycles. The van der Waals surface area contributed by atoms with Gasteiger partial charge in [-0.15, -0.1) is 0 Å². The highest BCUT2D eigenvalue weighted by atomic mass is 32.7. The molecule has 142 heavy (non-hydrogen) atoms. The maximum Gasteiger partial charge on any atom is 0.351 e. The molecule has 7 fully saturated rings. The van der Waals surface area contributed by atoms with Crippen LogP contribution in [0.5, 0.6) is 0 Å². The number of nitrogens with one attached hydrogen (secondary N) is 4. The third-order valence-corrected chi connectivity index (χ3v) is 34.5. The number of aryl methyl sites for hydroxylation is 7. The minimum Gasteiger partial charge on any atom is -0.780 e. The number of nitrogen functional groups attached to an aromatic ring is 3. The van der Waals surface area contributed by atoms with E-state index in [-0.39, 0.29) is 76.5 Å². The van der Waals surface area contributed by atoms with Crippen LogP contribution in [0, 0.1) is 48.5 Å². The first-order valence-corrected chi connectivity index (χ1v) is 60.6. The van der Waals surface area contributed by atoms with E-state index in [9.17, 15) is 86.7 Å². The molecule has 784 valence electrons. The molecule has 7 aromatic rings. The first kappa shape index (κ1) is 112. The zero-order valence-corrected chi connectivity index (χ0v) is 87.7. The average Bonchev–Trinajstić information content (AvgIpc) is 1.58. The van der Waals surface area contributed by atoms with Gasteiger partial charge in [0.1, 0.15) is 138 Å². The largest absolute Gasteiger partial charge is 0.780 e. The van der Waals surface area contributed by atoms with Gasteiger partial charge in [0.05, 0.1) is 88.5 Å². The van der Waals surface area contributed by atoms with Crippen molar-refractivity contribution in [3.05, 3.63) is 197 Å². The van der Waals surface area contributed by atoms with Crippen molar-refractivity contribution in [1.29, 1.82) is 0 Å². The van der Waals surface area contributed by atoms with Crippen LogP contribution in [0.15, 0.2) is 96.1 Å². The number of nitrogens with two attached hydrogens (primary N) is 3. The topological polar surface area (TPSA) is 751 Å². The van der Waals surface area contributed by atoms with E-state index in [1.165, 1.54) is 72.5 Å². The van der Waals surface area contributed by atoms with E-state index >= 15 is 0 Å². The first-order valence-electron chi connectivity index (χ1n) is 42.7. The third-order valence-electron chi connectivity index (χ3n) is 23.4. The Balaban J connectivity index is 0.665. The Hall–Kier alpha value is -5.84. The van der Waals surface area contributed by atoms with Crippen molar-refractivity contribution in [2.24, 2.45) is 0 Å². The predicted molar refractivity (Wildman–Crippen MR) is 505 cm³/mol. The molecule has 0 spiro atoms. The SMILES string of the molecule is CC[C@H]1O[C@@H](n2cc(C)c(=O)[nH]c2=O)C[C@H]1OP([O-])(=S)OC[C@H]1O[C@@H](n2cc(C)c(N)nc2=O)C[C@H]1OP(=O)([S-])OC[C@H]1O[C@@H](n2cc(C)c(N)nc2=O)C[C@H]1OP([O-])(=S)OC[C@H]1O[C@@H](n2cc(C)c(=O)[nH]c2=O)C[C@H]1OP([O-])(=S)OC[C@H]1O[C@@H](n2cc(C)c(N)nc2=O)C[C@H]1OP([O-])(=S)OC[C@H]1O[C@@H](n2cc(C)c(=O)[nH]c2=O)C[C@H]1OP([O-])(=S)OC[C@H]1O[C@@H](n2cc(C)c(=O)[nH]c2=O)C[C@H]1OP([O-])(=S)OC. The number of rotatable bonds is 41. The van der Waals surface area contributed by atoms with Gasteiger partial charge in [0.2, 0.25) is 0 Å². The van der Waals surface area contributed by atoms with E-state index in [1.807, 2.05) is 0 Å². The van der Waals surface area contributed by atoms with E-state index in [0.717, 1.165) is 51.5 Å². The lowest BCUT2D eigenvalue weighted by atomic mass is 10.1. The summed E-state index contributed by atoms with van der Waals surface area (Å²) >= 11 is 37.6. The Morgan fingerprint density at radius 1 is 0.331 bits per heavy atom. The second-order valence-corrected chi connectivity index (χ2v) is 52.5. The summed E-state index contributed by atoms with van der Waals surface area (Å²) in [5.74, 6) is -0.457. The minimum atomic E-state index is -5.09. The lowest BCUT2D eigenvalue weighted by Crippen LogP contribution is -2.35. The fourth-order valence-electron chi connectivity index (χ4n) is 16.1. The predicted octanol–water partition coefficient (Wildman–Crippen LogP) is -3.11. The molecule has 0 amide bonds. The molecule has 56 nitrogen and oxygen atoms in total. The molecule has 0 aliphatic carbocycles. The normalized spacial score (nSPS) is 29.8. The highest BCUT2D eigenvalue weighted by Gasteiger charge is 2.49. The molecule has 14 rings (SSSR count). The van der Waals surface area contributed by atoms with Gasteiger partial charge in [-0.2, -0.15) is 15.0 Å². The minimum absolute atomic E-state index is 0.0135. The van der Waals surface area contributed by atoms with E-state index in [2.05, 4.69) is 34.9 Å². The summed E-state index contributed by atoms with van der Waals surface area (Å²) in [6, 6.07) is 0. The molecule has 10 N–H and O–H groups in total. The molecular formula is C72H93N17O39P7S7-7. The number of nitrogens with zero attached hydrogens (tertiary/aromatic N) is 10. The summed E-state index contributed by atoms with van der Waals surface area (Å²) in [7, 11) is 1.00. The first-order chi connectivity index (χ1) is 66.4. The molecule has 0 radical (unpaired) electrons. The van der Waals surface area contributed by atoms with Crippen molar-refractivity contribution >= 4 is 148 Å². The molecule has 70 heteroatoms. The molecule has 14 heterocycles. The van der Waals surface area contributed by atoms with Gasteiger partial charge in [-0.25, -0.2) is 33.6 Å². The van der Waals surface area contributed by atoms with Crippen molar-refractivity contribution in [2.45, 2.75) is 236 Å². The number of anilines is 3. The van der Waals surface area contributed by atoms with Crippen molar-refractivity contribution in [1.82, 2.24) is 66.9 Å². The smallest absolute Gasteiger partial charge is 0.351 e. The average molecular weight is 2260 g/mol. The standard InChI is InChI=1S/C72H100N17O39P7S7/c1-10-38-39(11-52(115-38)86-21-34(5)62(90)79-69(86)97)123-130(102,137)109-26-47-41(13-53(117-47)83-18-31(2)59(73)76-66(83)94)124-132(104,139)111-27-48-42(14-54(118-48)84-19-32(3)60(74)77-67(84)95)125-134(106,141)114-30-51-45(17-58(121-51)89-24-37(8)65(93)82-72(89)100)128-135(107,142)112-28-49-43(15-55(119-49)85-20-33(4)61(75)78-68(85)96)126-133(105,140)113-29-50-44(16-57(120-50)88-23-36(7)64(92)81-71(88)99)127-131(103,138)110-25-46-40(122-129(101,136)108-9)12-56(116-46)87-22-35(6)63(91)80-70(87)98/h18-24,38-58H,10-17,25-30H2,1-9H3,(H,101,136)(H,102,137)(H,103,138)(H,104,139)(H,105,140)(H,106,141)(H,107,142)(H2,73,76,94)(H2,74,77,95)(H2,75,78,96)(H,79,90,97)(H,80,91,98)(H,81,92,99)(H,82,93,100)/p-7/t38-,39-,40-,41-,42-,43-,44-,45-,46-,47-,48-,49-,50-,51-,52-,53-,54-,55-,56-,57-,58-,129?,130?,131?,132?,133?,134?,135?/m1/s1. The van der Waals surface area contributed by atoms with Crippen molar-refractivity contribution < 1.29 is 130 Å². The highest BCUT2D eigenvalue weighted by Crippen LogP contribution is 2.57. The molecule has 7 aromatic heterocycles. The quantitative estimate of drug-likeness (QED) is 0.0147. The van der Waals surface area contributed by atoms with Gasteiger partial charge >= 0.3 is 39.8 Å². The Morgan fingerprint density at radius 3 is 0.746 bits per heavy atom. The molecule has 28 atom stereocenters. The van der Waals surface area contributed by atoms with Crippen LogP contribution in [-0.4, -0.2) is 199 Å². The molecule has 0 aromatic carbocycles. The van der Waals surface area contributed by atoms with Crippen molar-refractivity contribution in [3.63, 3.8) is 0 Å². The van der Waals surface area contributed by atoms with E-state index in [0.29, 0.717) is 5.56 Å². The number of aromatic amines is 4. The number of hydrogen-bond donors (Lipinski definition) is 7. The van der Waals surface area contributed by atoms with Crippen molar-refractivity contribution in [3.8, 4) is 0 Å². The van der Waals surface area contributed by atoms with Crippen LogP contribution < -0.4 is 109 Å². The lowest BCUT2D eigenvalue weighted by Gasteiger charge is -2.36. The molecule has 0 bridgehead atoms. The van der Waals surface area contributed by atoms with E-state index in [4.69, 9.17) is 197 Å². The maximum atomic E-state index is 14.9. The Morgan fingerprint density at radius 2 is 0.521 bits per heavy atom. The summed E-state index contributed by atoms with van der Waals surface area (Å²) in [5.41, 5.74) is 9.58. The van der Waals surface area contributed by atoms with Gasteiger partial charge in [0.25, 0.3) is 22.2 Å². The fourth-order valence-corrected chi connectivity index (χ4v) is 25.8. The maximum absolute atomic E-state index is 14.9. The molecule has 7 aliphatic rings. The molecule has 7 unspecified atom stereocenters. The van der Waals surface area contributed by atoms with Crippen molar-refractivity contribution in [2.75, 3.05) is 64.0 Å². The van der Waals surface area contributed by atoms with Crippen LogP contribution in [-0.2, 0) is 184 Å². The summed E-state index contributed by atoms with van der Waals surface area (Å²) < 4.78 is 146. The number of hydrogen-bond acceptors (Lipinski definition) is 52. The summed E-state index contributed by atoms with van der Waals surface area (Å²) in [6.07, 6.45) is -23.6. The molecule has 7 saturated heterocycles. The van der Waals surface area contributed by atoms with Crippen LogP contribution in [0.3, 0.4) is 0 Å². The fraction of sp³-hybridized carbons (Fsp3) is 0.611. The van der Waals surface area contributed by atoms with Gasteiger partial charge in [-0.1, -0.05) is 77.8 Å². The van der Waals surface area contributed by atoms with Gasteiger partial charge < -0.3 is 155 Å². The van der Waals surface area contributed by atoms with E-state index in [1.54, 1.807) is 13.8 Å². The van der Waals surface area contributed by atoms with Crippen LogP contribution in [0.2, 0.25) is 0 Å². The number of H-pyrrole nitrogens is 4. The van der Waals surface area contributed by atoms with Crippen LogP contribution in [0.4, 0.5) is 17.5 Å². The summed E-state index contributed by atoms with van der Waals surface area (Å²) in [5, 5.41) is 0. The second kappa shape index (κ2) is 45.1. The second-order valence-electron chi connectivity index (χ2n) is 33.5. The van der Waals surface area contributed by atoms with Crippen LogP contribution >= 0.6 is 47.1 Å². The Kier molecular flexibility index (Phi) is 35.5. The lowest BCUT2D eigenvalue weighted by molar-refractivity contribution is -0.221. The zero-order chi connectivity index (χ0) is 103. The number of aromatic nitrogens is 14. The number of ether oxygens (including phenoxy) is 7. The Bertz CT molecular complexity index is 7030. The zero-order valence-electron chi connectivity index (χ0n) is 75.7. The van der Waals surface area contributed by atoms with Gasteiger partial charge in [-0.3, -0.25) is 75.6 Å². The third kappa shape index (κ3) is 27.5. The summed E-state index contributed by atoms with van der Waals surface area (Å²) in [4.78, 5) is 249. The monoisotopic (exact) mass is 2260 g/mol. The molecule has 7 aliphatic heterocycles. The van der Waals surface area contributed by atoms with E-state index < -0.39 is 304 Å². The van der Waals surface area contributed by atoms with Crippen LogP contribution in [0.1, 0.15) is 141 Å². The highest BCUT2D eigenvalue weighted by molar-refractivity contribution is 8.32. The van der Waals surface area contributed by atoms with Gasteiger partial charge in [-0.05, 0) is 54.9 Å². The Labute approximate surface area is 836 Å².